The highest BCUT2D eigenvalue weighted by atomic mass is 32.2. The summed E-state index contributed by atoms with van der Waals surface area (Å²) in [5.74, 6) is 0.732. The number of rotatable bonds is 2. The van der Waals surface area contributed by atoms with Gasteiger partial charge >= 0.3 is 11.7 Å². The molecule has 2 heterocycles. The van der Waals surface area contributed by atoms with Crippen molar-refractivity contribution in [3.8, 4) is 16.9 Å². The third-order valence-corrected chi connectivity index (χ3v) is 5.22. The number of aryl methyl sites for hydroxylation is 1. The average Bonchev–Trinajstić information content (AvgIpc) is 2.55. The van der Waals surface area contributed by atoms with Gasteiger partial charge in [0.05, 0.1) is 24.4 Å². The van der Waals surface area contributed by atoms with E-state index < -0.39 is 17.3 Å². The lowest BCUT2D eigenvalue weighted by atomic mass is 9.94. The molecule has 0 bridgehead atoms. The number of methoxy groups -OCH3 is 1. The Bertz CT molecular complexity index is 846. The van der Waals surface area contributed by atoms with Gasteiger partial charge in [-0.05, 0) is 35.8 Å². The molecule has 2 aromatic rings. The number of hydrogen-bond donors (Lipinski definition) is 0. The quantitative estimate of drug-likeness (QED) is 0.826. The molecule has 0 unspecified atom stereocenters. The Labute approximate surface area is 140 Å². The Morgan fingerprint density at radius 3 is 2.71 bits per heavy atom. The van der Waals surface area contributed by atoms with Gasteiger partial charge in [-0.2, -0.15) is 18.3 Å². The van der Waals surface area contributed by atoms with Crippen molar-refractivity contribution in [3.63, 3.8) is 0 Å². The molecule has 0 aliphatic carbocycles. The highest BCUT2D eigenvalue weighted by Gasteiger charge is 2.36. The minimum atomic E-state index is -4.40. The molecule has 1 aromatic carbocycles. The highest BCUT2D eigenvalue weighted by Crippen LogP contribution is 2.45. The van der Waals surface area contributed by atoms with Gasteiger partial charge in [-0.15, -0.1) is 11.8 Å². The van der Waals surface area contributed by atoms with Crippen molar-refractivity contribution in [2.45, 2.75) is 23.9 Å². The Balaban J connectivity index is 2.28. The molecule has 0 N–H and O–H groups in total. The smallest absolute Gasteiger partial charge is 0.417 e. The van der Waals surface area contributed by atoms with Gasteiger partial charge in [0, 0.05) is 11.9 Å². The van der Waals surface area contributed by atoms with E-state index in [1.807, 2.05) is 0 Å². The van der Waals surface area contributed by atoms with Crippen LogP contribution in [-0.4, -0.2) is 22.6 Å². The van der Waals surface area contributed by atoms with Crippen molar-refractivity contribution in [2.75, 3.05) is 12.9 Å². The fourth-order valence-corrected chi connectivity index (χ4v) is 4.06. The van der Waals surface area contributed by atoms with Crippen LogP contribution in [-0.2, 0) is 19.6 Å². The van der Waals surface area contributed by atoms with Crippen molar-refractivity contribution in [2.24, 2.45) is 7.05 Å². The molecule has 0 saturated heterocycles. The van der Waals surface area contributed by atoms with E-state index in [9.17, 15) is 18.0 Å². The molecule has 0 spiro atoms. The van der Waals surface area contributed by atoms with Crippen LogP contribution in [0, 0.1) is 0 Å². The normalized spacial score (nSPS) is 14.4. The number of fused-ring (bicyclic) bond motifs is 1. The van der Waals surface area contributed by atoms with E-state index >= 15 is 0 Å². The van der Waals surface area contributed by atoms with Crippen LogP contribution in [0.2, 0.25) is 0 Å². The molecule has 1 aliphatic heterocycles. The summed E-state index contributed by atoms with van der Waals surface area (Å²) in [6, 6.07) is 2.48. The van der Waals surface area contributed by atoms with Crippen molar-refractivity contribution < 1.29 is 17.9 Å². The number of halogens is 3. The first kappa shape index (κ1) is 16.9. The lowest BCUT2D eigenvalue weighted by Gasteiger charge is -2.23. The zero-order chi connectivity index (χ0) is 17.5. The van der Waals surface area contributed by atoms with Gasteiger partial charge in [-0.25, -0.2) is 4.68 Å². The maximum atomic E-state index is 13.3. The maximum absolute atomic E-state index is 13.3. The van der Waals surface area contributed by atoms with Gasteiger partial charge in [0.2, 0.25) is 0 Å². The molecule has 128 valence electrons. The third-order valence-electron chi connectivity index (χ3n) is 3.97. The summed E-state index contributed by atoms with van der Waals surface area (Å²) < 4.78 is 46.1. The predicted octanol–water partition coefficient (Wildman–Crippen LogP) is 3.51. The summed E-state index contributed by atoms with van der Waals surface area (Å²) in [6.07, 6.45) is -1.63. The first-order chi connectivity index (χ1) is 11.3. The van der Waals surface area contributed by atoms with Crippen LogP contribution in [0.25, 0.3) is 11.1 Å². The number of thioether (sulfide) groups is 1. The number of aromatic nitrogens is 2. The van der Waals surface area contributed by atoms with Gasteiger partial charge in [0.25, 0.3) is 0 Å². The van der Waals surface area contributed by atoms with E-state index in [1.54, 1.807) is 0 Å². The summed E-state index contributed by atoms with van der Waals surface area (Å²) >= 11 is 1.21. The van der Waals surface area contributed by atoms with Crippen molar-refractivity contribution in [3.05, 3.63) is 39.8 Å². The highest BCUT2D eigenvalue weighted by molar-refractivity contribution is 7.99. The molecule has 24 heavy (non-hydrogen) atoms. The Morgan fingerprint density at radius 2 is 2.04 bits per heavy atom. The summed E-state index contributed by atoms with van der Waals surface area (Å²) in [5.41, 5.74) is 0.559. The molecule has 4 nitrogen and oxygen atoms in total. The number of nitrogens with zero attached hydrogens (tertiary/aromatic N) is 2. The van der Waals surface area contributed by atoms with Crippen LogP contribution < -0.4 is 10.3 Å². The second-order valence-electron chi connectivity index (χ2n) is 5.44. The minimum Gasteiger partial charge on any atom is -0.491 e. The van der Waals surface area contributed by atoms with Crippen LogP contribution in [0.1, 0.15) is 17.5 Å². The van der Waals surface area contributed by atoms with Gasteiger partial charge < -0.3 is 4.74 Å². The second kappa shape index (κ2) is 6.16. The van der Waals surface area contributed by atoms with Gasteiger partial charge in [0.1, 0.15) is 0 Å². The van der Waals surface area contributed by atoms with Gasteiger partial charge in [0.15, 0.2) is 5.75 Å². The molecule has 0 radical (unpaired) electrons. The molecular weight excluding hydrogens is 341 g/mol. The topological polar surface area (TPSA) is 44.1 Å². The van der Waals surface area contributed by atoms with E-state index in [1.165, 1.54) is 38.2 Å². The standard InChI is InChI=1S/C16H15F3N2O2S/c1-21-15(22)13(23-2)11(8-20-21)9-5-6-12(16(17,18)19)14-10(9)4-3-7-24-14/h5-6,8H,3-4,7H2,1-2H3. The van der Waals surface area contributed by atoms with Crippen LogP contribution in [0.4, 0.5) is 13.2 Å². The lowest BCUT2D eigenvalue weighted by molar-refractivity contribution is -0.139. The lowest BCUT2D eigenvalue weighted by Crippen LogP contribution is -2.21. The predicted molar refractivity (Wildman–Crippen MR) is 85.5 cm³/mol. The van der Waals surface area contributed by atoms with E-state index in [2.05, 4.69) is 5.10 Å². The second-order valence-corrected chi connectivity index (χ2v) is 6.54. The molecule has 0 amide bonds. The molecule has 0 saturated carbocycles. The fourth-order valence-electron chi connectivity index (χ4n) is 2.85. The van der Waals surface area contributed by atoms with Crippen molar-refractivity contribution in [1.82, 2.24) is 9.78 Å². The third kappa shape index (κ3) is 2.79. The molecule has 0 atom stereocenters. The molecule has 1 aliphatic rings. The van der Waals surface area contributed by atoms with Gasteiger partial charge in [-0.3, -0.25) is 4.79 Å². The minimum absolute atomic E-state index is 0.0880. The Morgan fingerprint density at radius 1 is 1.29 bits per heavy atom. The number of hydrogen-bond acceptors (Lipinski definition) is 4. The van der Waals surface area contributed by atoms with Crippen LogP contribution >= 0.6 is 11.8 Å². The number of ether oxygens (including phenoxy) is 1. The summed E-state index contributed by atoms with van der Waals surface area (Å²) in [6.45, 7) is 0. The Hall–Kier alpha value is -1.96. The van der Waals surface area contributed by atoms with Crippen molar-refractivity contribution >= 4 is 11.8 Å². The molecule has 3 rings (SSSR count). The van der Waals surface area contributed by atoms with E-state index in [-0.39, 0.29) is 10.6 Å². The van der Waals surface area contributed by atoms with E-state index in [4.69, 9.17) is 4.74 Å². The number of alkyl halides is 3. The monoisotopic (exact) mass is 356 g/mol. The summed E-state index contributed by atoms with van der Waals surface area (Å²) in [7, 11) is 2.86. The van der Waals surface area contributed by atoms with Crippen LogP contribution in [0.15, 0.2) is 28.0 Å². The Kier molecular flexibility index (Phi) is 4.33. The van der Waals surface area contributed by atoms with Gasteiger partial charge in [-0.1, -0.05) is 6.07 Å². The number of benzene rings is 1. The zero-order valence-electron chi connectivity index (χ0n) is 13.1. The van der Waals surface area contributed by atoms with Crippen LogP contribution in [0.5, 0.6) is 5.75 Å². The average molecular weight is 356 g/mol. The largest absolute Gasteiger partial charge is 0.491 e. The first-order valence-corrected chi connectivity index (χ1v) is 8.29. The molecular formula is C16H15F3N2O2S. The molecule has 0 fully saturated rings. The van der Waals surface area contributed by atoms with Crippen LogP contribution in [0.3, 0.4) is 0 Å². The fraction of sp³-hybridized carbons (Fsp3) is 0.375. The summed E-state index contributed by atoms with van der Waals surface area (Å²) in [5, 5.41) is 3.98. The molecule has 8 heteroatoms. The summed E-state index contributed by atoms with van der Waals surface area (Å²) in [4.78, 5) is 12.4. The van der Waals surface area contributed by atoms with Crippen molar-refractivity contribution in [1.29, 1.82) is 0 Å². The SMILES string of the molecule is COc1c(-c2ccc(C(F)(F)F)c3c2CCCS3)cnn(C)c1=O. The maximum Gasteiger partial charge on any atom is 0.417 e. The zero-order valence-corrected chi connectivity index (χ0v) is 13.9. The molecule has 1 aromatic heterocycles. The van der Waals surface area contributed by atoms with E-state index in [0.717, 1.165) is 17.2 Å². The first-order valence-electron chi connectivity index (χ1n) is 7.31. The van der Waals surface area contributed by atoms with E-state index in [0.29, 0.717) is 28.9 Å².